The first-order chi connectivity index (χ1) is 7.94. The average molecular weight is 234 g/mol. The van der Waals surface area contributed by atoms with Crippen LogP contribution in [0.1, 0.15) is 38.8 Å². The third-order valence-electron chi connectivity index (χ3n) is 2.85. The first-order valence-corrected chi connectivity index (χ1v) is 5.85. The van der Waals surface area contributed by atoms with Gasteiger partial charge in [-0.2, -0.15) is 5.26 Å². The molecule has 2 nitrogen and oxygen atoms in total. The van der Waals surface area contributed by atoms with E-state index in [1.165, 1.54) is 12.1 Å². The third-order valence-corrected chi connectivity index (χ3v) is 2.85. The van der Waals surface area contributed by atoms with Gasteiger partial charge in [-0.05, 0) is 51.4 Å². The van der Waals surface area contributed by atoms with Crippen LogP contribution >= 0.6 is 0 Å². The maximum absolute atomic E-state index is 13.0. The number of nitrogens with zero attached hydrogens (tertiary/aromatic N) is 1. The molecule has 92 valence electrons. The van der Waals surface area contributed by atoms with Crippen LogP contribution in [-0.2, 0) is 0 Å². The van der Waals surface area contributed by atoms with Gasteiger partial charge in [0.1, 0.15) is 5.82 Å². The molecule has 0 fully saturated rings. The Morgan fingerprint density at radius 1 is 1.47 bits per heavy atom. The topological polar surface area (TPSA) is 35.8 Å². The first-order valence-electron chi connectivity index (χ1n) is 5.85. The Morgan fingerprint density at radius 3 is 2.76 bits per heavy atom. The van der Waals surface area contributed by atoms with E-state index in [0.29, 0.717) is 0 Å². The van der Waals surface area contributed by atoms with Crippen molar-refractivity contribution in [1.82, 2.24) is 5.32 Å². The minimum atomic E-state index is -0.311. The van der Waals surface area contributed by atoms with Crippen molar-refractivity contribution >= 4 is 0 Å². The molecule has 1 atom stereocenters. The average Bonchev–Trinajstić information content (AvgIpc) is 2.28. The van der Waals surface area contributed by atoms with E-state index in [1.807, 2.05) is 26.8 Å². The predicted molar refractivity (Wildman–Crippen MR) is 66.8 cm³/mol. The molecule has 0 radical (unpaired) electrons. The fourth-order valence-electron chi connectivity index (χ4n) is 1.55. The fraction of sp³-hybridized carbons (Fsp3) is 0.500. The second kappa shape index (κ2) is 5.79. The summed E-state index contributed by atoms with van der Waals surface area (Å²) < 4.78 is 13.0. The predicted octanol–water partition coefficient (Wildman–Crippen LogP) is 3.42. The lowest BCUT2D eigenvalue weighted by Gasteiger charge is -2.18. The van der Waals surface area contributed by atoms with E-state index in [0.717, 1.165) is 18.5 Å². The highest BCUT2D eigenvalue weighted by atomic mass is 19.1. The Hall–Kier alpha value is -1.40. The summed E-state index contributed by atoms with van der Waals surface area (Å²) >= 11 is 0. The zero-order valence-electron chi connectivity index (χ0n) is 10.6. The molecule has 0 aliphatic heterocycles. The normalized spacial score (nSPS) is 13.1. The van der Waals surface area contributed by atoms with Crippen LogP contribution in [0.5, 0.6) is 0 Å². The van der Waals surface area contributed by atoms with E-state index >= 15 is 0 Å². The highest BCUT2D eigenvalue weighted by Crippen LogP contribution is 2.19. The summed E-state index contributed by atoms with van der Waals surface area (Å²) in [7, 11) is 0. The zero-order valence-corrected chi connectivity index (χ0v) is 10.6. The maximum Gasteiger partial charge on any atom is 0.123 e. The number of rotatable bonds is 5. The fourth-order valence-corrected chi connectivity index (χ4v) is 1.55. The largest absolute Gasteiger partial charge is 0.310 e. The number of benzene rings is 1. The number of halogens is 1. The van der Waals surface area contributed by atoms with Crippen LogP contribution < -0.4 is 5.32 Å². The Bertz CT molecular complexity index is 407. The highest BCUT2D eigenvalue weighted by molar-refractivity contribution is 5.19. The van der Waals surface area contributed by atoms with Gasteiger partial charge in [-0.25, -0.2) is 4.39 Å². The molecule has 1 aromatic carbocycles. The standard InChI is InChI=1S/C14H19FN2/c1-11(12-5-4-6-13(15)9-12)17-8-7-14(2,3)10-16/h4-6,9,11,17H,7-8H2,1-3H3/t11-/m1/s1. The lowest BCUT2D eigenvalue weighted by Crippen LogP contribution is -2.24. The number of hydrogen-bond acceptors (Lipinski definition) is 2. The van der Waals surface area contributed by atoms with Crippen LogP contribution in [0.3, 0.4) is 0 Å². The summed E-state index contributed by atoms with van der Waals surface area (Å²) in [4.78, 5) is 0. The van der Waals surface area contributed by atoms with Gasteiger partial charge in [0.15, 0.2) is 0 Å². The lowest BCUT2D eigenvalue weighted by atomic mass is 9.91. The number of nitriles is 1. The summed E-state index contributed by atoms with van der Waals surface area (Å²) in [6.07, 6.45) is 0.781. The van der Waals surface area contributed by atoms with Gasteiger partial charge in [-0.3, -0.25) is 0 Å². The molecule has 3 heteroatoms. The maximum atomic E-state index is 13.0. The molecule has 0 bridgehead atoms. The molecule has 0 aromatic heterocycles. The van der Waals surface area contributed by atoms with Gasteiger partial charge >= 0.3 is 0 Å². The van der Waals surface area contributed by atoms with Crippen molar-refractivity contribution in [1.29, 1.82) is 5.26 Å². The van der Waals surface area contributed by atoms with Gasteiger partial charge in [0.25, 0.3) is 0 Å². The minimum Gasteiger partial charge on any atom is -0.310 e. The van der Waals surface area contributed by atoms with Crippen molar-refractivity contribution in [2.24, 2.45) is 5.41 Å². The molecule has 1 N–H and O–H groups in total. The molecule has 0 spiro atoms. The minimum absolute atomic E-state index is 0.0974. The van der Waals surface area contributed by atoms with Gasteiger partial charge in [-0.1, -0.05) is 12.1 Å². The Morgan fingerprint density at radius 2 is 2.18 bits per heavy atom. The summed E-state index contributed by atoms with van der Waals surface area (Å²) in [5.41, 5.74) is 0.619. The van der Waals surface area contributed by atoms with E-state index < -0.39 is 0 Å². The van der Waals surface area contributed by atoms with Crippen LogP contribution in [0.2, 0.25) is 0 Å². The molecule has 0 aliphatic rings. The molecule has 17 heavy (non-hydrogen) atoms. The molecular weight excluding hydrogens is 215 g/mol. The summed E-state index contributed by atoms with van der Waals surface area (Å²) in [5, 5.41) is 12.2. The molecular formula is C14H19FN2. The Balaban J connectivity index is 2.46. The van der Waals surface area contributed by atoms with Crippen molar-refractivity contribution in [2.75, 3.05) is 6.54 Å². The molecule has 0 aliphatic carbocycles. The molecule has 0 saturated heterocycles. The van der Waals surface area contributed by atoms with Gasteiger partial charge < -0.3 is 5.32 Å². The van der Waals surface area contributed by atoms with Crippen LogP contribution in [0.25, 0.3) is 0 Å². The van der Waals surface area contributed by atoms with Gasteiger partial charge in [0.05, 0.1) is 11.5 Å². The molecule has 1 rings (SSSR count). The van der Waals surface area contributed by atoms with Crippen LogP contribution in [0.4, 0.5) is 4.39 Å². The molecule has 0 heterocycles. The van der Waals surface area contributed by atoms with Crippen molar-refractivity contribution < 1.29 is 4.39 Å². The monoisotopic (exact) mass is 234 g/mol. The first kappa shape index (κ1) is 13.7. The van der Waals surface area contributed by atoms with Gasteiger partial charge in [0.2, 0.25) is 0 Å². The quantitative estimate of drug-likeness (QED) is 0.847. The van der Waals surface area contributed by atoms with E-state index in [-0.39, 0.29) is 17.3 Å². The van der Waals surface area contributed by atoms with Crippen molar-refractivity contribution in [3.8, 4) is 6.07 Å². The molecule has 1 aromatic rings. The van der Waals surface area contributed by atoms with E-state index in [1.54, 1.807) is 6.07 Å². The van der Waals surface area contributed by atoms with Gasteiger partial charge in [0, 0.05) is 6.04 Å². The summed E-state index contributed by atoms with van der Waals surface area (Å²) in [5.74, 6) is -0.214. The molecule has 0 saturated carbocycles. The van der Waals surface area contributed by atoms with Gasteiger partial charge in [-0.15, -0.1) is 0 Å². The van der Waals surface area contributed by atoms with Crippen molar-refractivity contribution in [2.45, 2.75) is 33.2 Å². The molecule has 0 unspecified atom stereocenters. The van der Waals surface area contributed by atoms with E-state index in [4.69, 9.17) is 5.26 Å². The second-order valence-corrected chi connectivity index (χ2v) is 4.98. The summed E-state index contributed by atoms with van der Waals surface area (Å²) in [6.45, 7) is 6.58. The van der Waals surface area contributed by atoms with E-state index in [9.17, 15) is 4.39 Å². The van der Waals surface area contributed by atoms with Crippen LogP contribution in [0.15, 0.2) is 24.3 Å². The Kier molecular flexibility index (Phi) is 4.65. The van der Waals surface area contributed by atoms with Crippen molar-refractivity contribution in [3.05, 3.63) is 35.6 Å². The number of hydrogen-bond donors (Lipinski definition) is 1. The number of nitrogens with one attached hydrogen (secondary N) is 1. The highest BCUT2D eigenvalue weighted by Gasteiger charge is 2.16. The van der Waals surface area contributed by atoms with E-state index in [2.05, 4.69) is 11.4 Å². The smallest absolute Gasteiger partial charge is 0.123 e. The Labute approximate surface area is 102 Å². The third kappa shape index (κ3) is 4.54. The van der Waals surface area contributed by atoms with Crippen LogP contribution in [0, 0.1) is 22.6 Å². The van der Waals surface area contributed by atoms with Crippen LogP contribution in [-0.4, -0.2) is 6.54 Å². The molecule has 0 amide bonds. The van der Waals surface area contributed by atoms with Crippen molar-refractivity contribution in [3.63, 3.8) is 0 Å². The lowest BCUT2D eigenvalue weighted by molar-refractivity contribution is 0.416. The second-order valence-electron chi connectivity index (χ2n) is 4.98. The zero-order chi connectivity index (χ0) is 12.9. The summed E-state index contributed by atoms with van der Waals surface area (Å²) in [6, 6.07) is 8.95. The SMILES string of the molecule is C[C@@H](NCCC(C)(C)C#N)c1cccc(F)c1.